The maximum Gasteiger partial charge on any atom is 0.319 e. The van der Waals surface area contributed by atoms with Gasteiger partial charge < -0.3 is 20.9 Å². The van der Waals surface area contributed by atoms with Crippen molar-refractivity contribution in [1.29, 1.82) is 0 Å². The largest absolute Gasteiger partial charge is 0.496 e. The molecule has 1 aliphatic heterocycles. The number of nitrogen functional groups attached to an aromatic ring is 1. The average molecular weight is 440 g/mol. The van der Waals surface area contributed by atoms with Crippen molar-refractivity contribution in [3.63, 3.8) is 0 Å². The van der Waals surface area contributed by atoms with E-state index in [0.29, 0.717) is 35.9 Å². The summed E-state index contributed by atoms with van der Waals surface area (Å²) in [6, 6.07) is 7.01. The van der Waals surface area contributed by atoms with E-state index in [0.717, 1.165) is 62.3 Å². The molecule has 1 saturated heterocycles. The lowest BCUT2D eigenvalue weighted by molar-refractivity contribution is 0.205. The second-order valence-corrected chi connectivity index (χ2v) is 8.43. The molecule has 5 N–H and O–H groups in total. The van der Waals surface area contributed by atoms with Crippen molar-refractivity contribution in [2.45, 2.75) is 51.6 Å². The van der Waals surface area contributed by atoms with Gasteiger partial charge in [0.25, 0.3) is 0 Å². The van der Waals surface area contributed by atoms with Gasteiger partial charge in [0.05, 0.1) is 19.4 Å². The fourth-order valence-electron chi connectivity index (χ4n) is 4.04. The number of hydrogen-bond donors (Lipinski definition) is 3. The second kappa shape index (κ2) is 10.1. The number of nitrogens with zero attached hydrogens (tertiary/aromatic N) is 4. The third-order valence-corrected chi connectivity index (χ3v) is 5.97. The first kappa shape index (κ1) is 22.3. The molecule has 0 saturated carbocycles. The number of unbranched alkanes of at least 4 members (excludes halogenated alkanes) is 1. The van der Waals surface area contributed by atoms with Crippen LogP contribution in [0.4, 0.5) is 5.82 Å². The molecule has 0 bridgehead atoms. The van der Waals surface area contributed by atoms with Gasteiger partial charge in [-0.3, -0.25) is 10.00 Å². The summed E-state index contributed by atoms with van der Waals surface area (Å²) in [5.74, 6) is 1.16. The molecule has 3 aromatic rings. The molecular formula is C23H33N7O2. The molecule has 0 amide bonds. The predicted octanol–water partition coefficient (Wildman–Crippen LogP) is 2.64. The minimum atomic E-state index is 0.287. The molecular weight excluding hydrogens is 406 g/mol. The fourth-order valence-corrected chi connectivity index (χ4v) is 4.04. The van der Waals surface area contributed by atoms with Crippen LogP contribution in [0.2, 0.25) is 0 Å². The number of benzene rings is 1. The van der Waals surface area contributed by atoms with Gasteiger partial charge in [-0.25, -0.2) is 0 Å². The van der Waals surface area contributed by atoms with E-state index in [1.54, 1.807) is 7.11 Å². The Morgan fingerprint density at radius 3 is 2.75 bits per heavy atom. The van der Waals surface area contributed by atoms with E-state index in [1.807, 2.05) is 0 Å². The monoisotopic (exact) mass is 439 g/mol. The molecule has 0 unspecified atom stereocenters. The summed E-state index contributed by atoms with van der Waals surface area (Å²) in [7, 11) is 1.70. The van der Waals surface area contributed by atoms with Crippen LogP contribution in [0.15, 0.2) is 18.2 Å². The zero-order valence-corrected chi connectivity index (χ0v) is 18.9. The number of aromatic amines is 1. The van der Waals surface area contributed by atoms with Crippen molar-refractivity contribution in [3.8, 4) is 11.8 Å². The lowest BCUT2D eigenvalue weighted by Crippen LogP contribution is -2.39. The smallest absolute Gasteiger partial charge is 0.319 e. The summed E-state index contributed by atoms with van der Waals surface area (Å²) in [6.07, 6.45) is 4.67. The van der Waals surface area contributed by atoms with Crippen LogP contribution >= 0.6 is 0 Å². The standard InChI is InChI=1S/C23H33N7O2/c1-3-4-11-32-23-26-20-18(28-29-21(20)22(25)27-23)13-16-6-5-15(12-19(16)31-2)14-30-9-7-17(24)8-10-30/h5-6,12,17H,3-4,7-11,13-14,24H2,1-2H3,(H,28,29)(H2,25,26,27). The molecule has 3 heterocycles. The van der Waals surface area contributed by atoms with Crippen molar-refractivity contribution < 1.29 is 9.47 Å². The van der Waals surface area contributed by atoms with Crippen molar-refractivity contribution in [2.24, 2.45) is 5.73 Å². The Labute approximate surface area is 188 Å². The van der Waals surface area contributed by atoms with E-state index in [4.69, 9.17) is 20.9 Å². The minimum absolute atomic E-state index is 0.287. The summed E-state index contributed by atoms with van der Waals surface area (Å²) in [6.45, 7) is 5.65. The molecule has 9 heteroatoms. The van der Waals surface area contributed by atoms with Crippen LogP contribution in [0.25, 0.3) is 11.0 Å². The van der Waals surface area contributed by atoms with Crippen LogP contribution in [0.3, 0.4) is 0 Å². The number of rotatable bonds is 9. The second-order valence-electron chi connectivity index (χ2n) is 8.43. The summed E-state index contributed by atoms with van der Waals surface area (Å²) in [5, 5.41) is 7.39. The topological polar surface area (TPSA) is 128 Å². The van der Waals surface area contributed by atoms with Crippen molar-refractivity contribution in [3.05, 3.63) is 35.0 Å². The van der Waals surface area contributed by atoms with Crippen molar-refractivity contribution in [1.82, 2.24) is 25.1 Å². The highest BCUT2D eigenvalue weighted by Gasteiger charge is 2.18. The maximum absolute atomic E-state index is 6.09. The predicted molar refractivity (Wildman–Crippen MR) is 125 cm³/mol. The average Bonchev–Trinajstić information content (AvgIpc) is 3.20. The Kier molecular flexibility index (Phi) is 7.06. The van der Waals surface area contributed by atoms with Gasteiger partial charge in [0.1, 0.15) is 11.3 Å². The van der Waals surface area contributed by atoms with Gasteiger partial charge >= 0.3 is 6.01 Å². The van der Waals surface area contributed by atoms with Crippen LogP contribution in [0.5, 0.6) is 11.8 Å². The highest BCUT2D eigenvalue weighted by Crippen LogP contribution is 2.28. The summed E-state index contributed by atoms with van der Waals surface area (Å²) in [5.41, 5.74) is 16.5. The van der Waals surface area contributed by atoms with Gasteiger partial charge in [0.15, 0.2) is 11.3 Å². The molecule has 4 rings (SSSR count). The number of methoxy groups -OCH3 is 1. The number of nitrogens with one attached hydrogen (secondary N) is 1. The first-order valence-electron chi connectivity index (χ1n) is 11.3. The van der Waals surface area contributed by atoms with E-state index in [2.05, 4.69) is 50.2 Å². The normalized spacial score (nSPS) is 15.3. The molecule has 1 fully saturated rings. The first-order valence-corrected chi connectivity index (χ1v) is 11.3. The van der Waals surface area contributed by atoms with Gasteiger partial charge in [-0.05, 0) is 44.0 Å². The van der Waals surface area contributed by atoms with E-state index in [1.165, 1.54) is 5.56 Å². The molecule has 0 aliphatic carbocycles. The third-order valence-electron chi connectivity index (χ3n) is 5.97. The zero-order chi connectivity index (χ0) is 22.5. The van der Waals surface area contributed by atoms with Crippen LogP contribution in [0, 0.1) is 0 Å². The highest BCUT2D eigenvalue weighted by atomic mass is 16.5. The SMILES string of the molecule is CCCCOc1nc(N)c2n[nH]c(Cc3ccc(CN4CCC(N)CC4)cc3OC)c2n1. The van der Waals surface area contributed by atoms with Crippen molar-refractivity contribution in [2.75, 3.05) is 32.5 Å². The first-order chi connectivity index (χ1) is 15.6. The highest BCUT2D eigenvalue weighted by molar-refractivity contribution is 5.86. The molecule has 2 aromatic heterocycles. The van der Waals surface area contributed by atoms with Gasteiger partial charge in [-0.15, -0.1) is 0 Å². The van der Waals surface area contributed by atoms with E-state index in [9.17, 15) is 0 Å². The van der Waals surface area contributed by atoms with E-state index < -0.39 is 0 Å². The molecule has 0 spiro atoms. The lowest BCUT2D eigenvalue weighted by Gasteiger charge is -2.30. The number of fused-ring (bicyclic) bond motifs is 1. The summed E-state index contributed by atoms with van der Waals surface area (Å²) in [4.78, 5) is 11.2. The van der Waals surface area contributed by atoms with Gasteiger partial charge in [-0.2, -0.15) is 15.1 Å². The molecule has 1 aromatic carbocycles. The summed E-state index contributed by atoms with van der Waals surface area (Å²) >= 11 is 0. The quantitative estimate of drug-likeness (QED) is 0.434. The maximum atomic E-state index is 6.09. The molecule has 9 nitrogen and oxygen atoms in total. The molecule has 32 heavy (non-hydrogen) atoms. The molecule has 1 aliphatic rings. The van der Waals surface area contributed by atoms with Crippen LogP contribution in [0.1, 0.15) is 49.4 Å². The number of aromatic nitrogens is 4. The Balaban J connectivity index is 1.52. The lowest BCUT2D eigenvalue weighted by atomic mass is 10.0. The Morgan fingerprint density at radius 1 is 1.19 bits per heavy atom. The van der Waals surface area contributed by atoms with Crippen molar-refractivity contribution >= 4 is 16.9 Å². The zero-order valence-electron chi connectivity index (χ0n) is 18.9. The number of hydrogen-bond acceptors (Lipinski definition) is 8. The molecule has 172 valence electrons. The number of H-pyrrole nitrogens is 1. The van der Waals surface area contributed by atoms with Gasteiger partial charge in [-0.1, -0.05) is 25.5 Å². The third kappa shape index (κ3) is 5.11. The number of ether oxygens (including phenoxy) is 2. The number of likely N-dealkylation sites (tertiary alicyclic amines) is 1. The Bertz CT molecular complexity index is 1040. The van der Waals surface area contributed by atoms with Crippen LogP contribution in [-0.4, -0.2) is 57.9 Å². The van der Waals surface area contributed by atoms with Gasteiger partial charge in [0, 0.05) is 24.6 Å². The van der Waals surface area contributed by atoms with Crippen LogP contribution in [-0.2, 0) is 13.0 Å². The van der Waals surface area contributed by atoms with E-state index >= 15 is 0 Å². The Morgan fingerprint density at radius 2 is 2.00 bits per heavy atom. The molecule has 0 radical (unpaired) electrons. The Hall–Kier alpha value is -2.91. The minimum Gasteiger partial charge on any atom is -0.496 e. The number of anilines is 1. The summed E-state index contributed by atoms with van der Waals surface area (Å²) < 4.78 is 11.4. The van der Waals surface area contributed by atoms with Gasteiger partial charge in [0.2, 0.25) is 0 Å². The van der Waals surface area contributed by atoms with Crippen LogP contribution < -0.4 is 20.9 Å². The fraction of sp³-hybridized carbons (Fsp3) is 0.522. The van der Waals surface area contributed by atoms with E-state index in [-0.39, 0.29) is 6.01 Å². The number of piperidine rings is 1. The number of nitrogens with two attached hydrogens (primary N) is 2. The molecule has 0 atom stereocenters.